The molecule has 2 atom stereocenters. The van der Waals surface area contributed by atoms with Crippen molar-refractivity contribution in [2.45, 2.75) is 38.5 Å². The summed E-state index contributed by atoms with van der Waals surface area (Å²) in [5.74, 6) is -1.01. The fourth-order valence-electron chi connectivity index (χ4n) is 3.38. The molecule has 160 valence electrons. The number of hydrogen-bond donors (Lipinski definition) is 1. The maximum atomic E-state index is 14.1. The van der Waals surface area contributed by atoms with Gasteiger partial charge < -0.3 is 10.9 Å². The lowest BCUT2D eigenvalue weighted by Crippen LogP contribution is -2.51. The Hall–Kier alpha value is -3.12. The number of carbonyl (C=O) groups excluding carboxylic acids is 1. The van der Waals surface area contributed by atoms with Crippen molar-refractivity contribution in [3.8, 4) is 17.2 Å². The van der Waals surface area contributed by atoms with Crippen LogP contribution in [-0.4, -0.2) is 29.6 Å². The summed E-state index contributed by atoms with van der Waals surface area (Å²) in [7, 11) is 0. The van der Waals surface area contributed by atoms with Crippen molar-refractivity contribution in [2.75, 3.05) is 6.54 Å². The Kier molecular flexibility index (Phi) is 7.40. The normalized spacial score (nSPS) is 13.8. The molecular formula is C21H23F3N4O2. The second-order valence-electron chi connectivity index (χ2n) is 7.40. The largest absolute Gasteiger partial charge is 0.619 e. The fraction of sp³-hybridized carbons (Fsp3) is 0.381. The van der Waals surface area contributed by atoms with Crippen LogP contribution in [0.2, 0.25) is 0 Å². The standard InChI is InChI=1S/C21H23F3N4O2/c1-14(2)12-18(20(26)29)28(11-9-25)19(21(22,23)24)16-7-5-15(6-8-16)17-4-3-10-27(30)13-17/h3-8,10,13-14,18-19H,11-12H2,1-2H3,(H2,26,29)/t18-,19-/m0/s1. The maximum absolute atomic E-state index is 14.1. The summed E-state index contributed by atoms with van der Waals surface area (Å²) in [6, 6.07) is 7.00. The molecule has 2 N–H and O–H groups in total. The molecule has 0 spiro atoms. The SMILES string of the molecule is CC(C)C[C@@H](C(N)=O)N(CC#N)[C@@H](c1ccc(-c2ccc[n+]([O-])c2)cc1)C(F)(F)F. The molecule has 0 saturated carbocycles. The lowest BCUT2D eigenvalue weighted by molar-refractivity contribution is -0.604. The van der Waals surface area contributed by atoms with E-state index < -0.39 is 30.7 Å². The summed E-state index contributed by atoms with van der Waals surface area (Å²) < 4.78 is 42.8. The van der Waals surface area contributed by atoms with Gasteiger partial charge in [-0.25, -0.2) is 0 Å². The van der Waals surface area contributed by atoms with E-state index in [0.717, 1.165) is 4.90 Å². The van der Waals surface area contributed by atoms with E-state index in [9.17, 15) is 23.2 Å². The van der Waals surface area contributed by atoms with Crippen LogP contribution < -0.4 is 10.5 Å². The molecule has 1 aromatic carbocycles. The minimum absolute atomic E-state index is 0.0925. The average Bonchev–Trinajstić information content (AvgIpc) is 2.65. The first-order valence-corrected chi connectivity index (χ1v) is 9.32. The Morgan fingerprint density at radius 1 is 1.23 bits per heavy atom. The van der Waals surface area contributed by atoms with Gasteiger partial charge in [-0.2, -0.15) is 23.2 Å². The molecule has 1 heterocycles. The molecular weight excluding hydrogens is 397 g/mol. The van der Waals surface area contributed by atoms with Gasteiger partial charge in [-0.15, -0.1) is 0 Å². The Morgan fingerprint density at radius 3 is 2.33 bits per heavy atom. The third-order valence-corrected chi connectivity index (χ3v) is 4.65. The quantitative estimate of drug-likeness (QED) is 0.402. The number of nitrogens with zero attached hydrogens (tertiary/aromatic N) is 3. The van der Waals surface area contributed by atoms with E-state index in [1.165, 1.54) is 42.7 Å². The third-order valence-electron chi connectivity index (χ3n) is 4.65. The molecule has 1 aromatic heterocycles. The topological polar surface area (TPSA) is 97.1 Å². The summed E-state index contributed by atoms with van der Waals surface area (Å²) in [4.78, 5) is 12.8. The van der Waals surface area contributed by atoms with Gasteiger partial charge >= 0.3 is 6.18 Å². The molecule has 2 rings (SSSR count). The Morgan fingerprint density at radius 2 is 1.87 bits per heavy atom. The first kappa shape index (κ1) is 23.2. The van der Waals surface area contributed by atoms with Crippen molar-refractivity contribution in [3.05, 3.63) is 59.6 Å². The number of benzene rings is 1. The van der Waals surface area contributed by atoms with Gasteiger partial charge in [-0.1, -0.05) is 38.1 Å². The molecule has 0 aliphatic heterocycles. The Balaban J connectivity index is 2.49. The molecule has 0 unspecified atom stereocenters. The highest BCUT2D eigenvalue weighted by atomic mass is 19.4. The predicted octanol–water partition coefficient (Wildman–Crippen LogP) is 3.32. The van der Waals surface area contributed by atoms with Crippen LogP contribution in [0.4, 0.5) is 13.2 Å². The van der Waals surface area contributed by atoms with Crippen LogP contribution in [0.5, 0.6) is 0 Å². The summed E-state index contributed by atoms with van der Waals surface area (Å²) >= 11 is 0. The summed E-state index contributed by atoms with van der Waals surface area (Å²) in [5.41, 5.74) is 6.39. The summed E-state index contributed by atoms with van der Waals surface area (Å²) in [5, 5.41) is 20.6. The maximum Gasteiger partial charge on any atom is 0.408 e. The van der Waals surface area contributed by atoms with Crippen molar-refractivity contribution in [2.24, 2.45) is 11.7 Å². The number of hydrogen-bond acceptors (Lipinski definition) is 4. The highest BCUT2D eigenvalue weighted by molar-refractivity contribution is 5.80. The number of nitrogens with two attached hydrogens (primary N) is 1. The van der Waals surface area contributed by atoms with Gasteiger partial charge in [0.05, 0.1) is 18.7 Å². The zero-order valence-corrected chi connectivity index (χ0v) is 16.6. The van der Waals surface area contributed by atoms with Gasteiger partial charge in [0.2, 0.25) is 5.91 Å². The predicted molar refractivity (Wildman–Crippen MR) is 104 cm³/mol. The first-order valence-electron chi connectivity index (χ1n) is 9.32. The van der Waals surface area contributed by atoms with E-state index in [4.69, 9.17) is 11.0 Å². The lowest BCUT2D eigenvalue weighted by atomic mass is 9.95. The van der Waals surface area contributed by atoms with Crippen molar-refractivity contribution >= 4 is 5.91 Å². The van der Waals surface area contributed by atoms with Gasteiger partial charge in [0.15, 0.2) is 12.4 Å². The molecule has 0 aliphatic rings. The number of alkyl halides is 3. The molecule has 0 radical (unpaired) electrons. The van der Waals surface area contributed by atoms with Gasteiger partial charge in [0.1, 0.15) is 6.04 Å². The molecule has 0 fully saturated rings. The Labute approximate surface area is 172 Å². The van der Waals surface area contributed by atoms with Crippen LogP contribution in [0, 0.1) is 22.5 Å². The molecule has 9 heteroatoms. The highest BCUT2D eigenvalue weighted by Crippen LogP contribution is 2.40. The molecule has 6 nitrogen and oxygen atoms in total. The summed E-state index contributed by atoms with van der Waals surface area (Å²) in [6.45, 7) is 2.92. The molecule has 2 aromatic rings. The van der Waals surface area contributed by atoms with Gasteiger partial charge in [0.25, 0.3) is 0 Å². The number of carbonyl (C=O) groups is 1. The number of rotatable bonds is 8. The third kappa shape index (κ3) is 5.70. The van der Waals surface area contributed by atoms with Crippen LogP contribution in [0.3, 0.4) is 0 Å². The monoisotopic (exact) mass is 420 g/mol. The second kappa shape index (κ2) is 9.59. The average molecular weight is 420 g/mol. The molecule has 1 amide bonds. The van der Waals surface area contributed by atoms with E-state index in [1.807, 2.05) is 0 Å². The minimum Gasteiger partial charge on any atom is -0.619 e. The van der Waals surface area contributed by atoms with Gasteiger partial charge in [-0.05, 0) is 29.5 Å². The van der Waals surface area contributed by atoms with Crippen molar-refractivity contribution in [3.63, 3.8) is 0 Å². The number of pyridine rings is 1. The Bertz CT molecular complexity index is 908. The van der Waals surface area contributed by atoms with Gasteiger partial charge in [-0.3, -0.25) is 9.69 Å². The number of nitriles is 1. The molecule has 30 heavy (non-hydrogen) atoms. The number of halogens is 3. The van der Waals surface area contributed by atoms with Crippen LogP contribution >= 0.6 is 0 Å². The fourth-order valence-corrected chi connectivity index (χ4v) is 3.38. The van der Waals surface area contributed by atoms with E-state index in [2.05, 4.69) is 0 Å². The van der Waals surface area contributed by atoms with Crippen molar-refractivity contribution < 1.29 is 22.7 Å². The van der Waals surface area contributed by atoms with E-state index in [0.29, 0.717) is 15.9 Å². The second-order valence-corrected chi connectivity index (χ2v) is 7.40. The van der Waals surface area contributed by atoms with E-state index in [-0.39, 0.29) is 17.9 Å². The molecule has 0 bridgehead atoms. The number of aromatic nitrogens is 1. The smallest absolute Gasteiger partial charge is 0.408 e. The van der Waals surface area contributed by atoms with Crippen LogP contribution in [0.25, 0.3) is 11.1 Å². The first-order chi connectivity index (χ1) is 14.0. The lowest BCUT2D eigenvalue weighted by Gasteiger charge is -2.37. The zero-order chi connectivity index (χ0) is 22.5. The minimum atomic E-state index is -4.74. The van der Waals surface area contributed by atoms with Gasteiger partial charge in [0, 0.05) is 11.6 Å². The van der Waals surface area contributed by atoms with Crippen LogP contribution in [-0.2, 0) is 4.79 Å². The number of primary amides is 1. The zero-order valence-electron chi connectivity index (χ0n) is 16.6. The van der Waals surface area contributed by atoms with Crippen LogP contribution in [0.15, 0.2) is 48.8 Å². The summed E-state index contributed by atoms with van der Waals surface area (Å²) in [6.07, 6.45) is -2.04. The highest BCUT2D eigenvalue weighted by Gasteiger charge is 2.47. The van der Waals surface area contributed by atoms with E-state index in [1.54, 1.807) is 26.0 Å². The number of amides is 1. The van der Waals surface area contributed by atoms with Crippen molar-refractivity contribution in [1.82, 2.24) is 4.90 Å². The van der Waals surface area contributed by atoms with Crippen molar-refractivity contribution in [1.29, 1.82) is 5.26 Å². The van der Waals surface area contributed by atoms with Crippen LogP contribution in [0.1, 0.15) is 31.9 Å². The van der Waals surface area contributed by atoms with E-state index >= 15 is 0 Å². The molecule has 0 saturated heterocycles. The molecule has 0 aliphatic carbocycles.